The summed E-state index contributed by atoms with van der Waals surface area (Å²) in [6.45, 7) is 0. The summed E-state index contributed by atoms with van der Waals surface area (Å²) in [4.78, 5) is 0. The van der Waals surface area contributed by atoms with Gasteiger partial charge in [0.25, 0.3) is 0 Å². The third kappa shape index (κ3) is 2.21. The molecule has 0 spiro atoms. The third-order valence-electron chi connectivity index (χ3n) is 4.57. The van der Waals surface area contributed by atoms with Crippen LogP contribution in [0.5, 0.6) is 0 Å². The highest BCUT2D eigenvalue weighted by Gasteiger charge is 2.38. The van der Waals surface area contributed by atoms with E-state index in [0.29, 0.717) is 17.9 Å². The zero-order chi connectivity index (χ0) is 14.4. The van der Waals surface area contributed by atoms with Crippen molar-refractivity contribution in [3.05, 3.63) is 75.2 Å². The van der Waals surface area contributed by atoms with Crippen molar-refractivity contribution in [2.75, 3.05) is 5.32 Å². The van der Waals surface area contributed by atoms with Gasteiger partial charge in [-0.1, -0.05) is 57.9 Å². The number of allylic oxidation sites excluding steroid dienone is 2. The largest absolute Gasteiger partial charge is 0.378 e. The van der Waals surface area contributed by atoms with E-state index in [1.54, 1.807) is 0 Å². The van der Waals surface area contributed by atoms with Gasteiger partial charge in [-0.05, 0) is 47.7 Å². The van der Waals surface area contributed by atoms with Gasteiger partial charge in [0, 0.05) is 21.1 Å². The Kier molecular flexibility index (Phi) is 3.31. The van der Waals surface area contributed by atoms with Crippen LogP contribution in [0.2, 0.25) is 5.02 Å². The second-order valence-corrected chi connectivity index (χ2v) is 7.02. The van der Waals surface area contributed by atoms with Gasteiger partial charge >= 0.3 is 0 Å². The molecule has 0 bridgehead atoms. The van der Waals surface area contributed by atoms with Gasteiger partial charge in [-0.2, -0.15) is 0 Å². The lowest BCUT2D eigenvalue weighted by atomic mass is 9.77. The maximum absolute atomic E-state index is 6.19. The number of benzene rings is 2. The summed E-state index contributed by atoms with van der Waals surface area (Å²) < 4.78 is 1.17. The van der Waals surface area contributed by atoms with Gasteiger partial charge in [0.05, 0.1) is 6.04 Å². The molecular formula is C18H15BrClN. The van der Waals surface area contributed by atoms with Gasteiger partial charge in [0.2, 0.25) is 0 Å². The summed E-state index contributed by atoms with van der Waals surface area (Å²) in [6.07, 6.45) is 5.75. The molecule has 3 heteroatoms. The molecule has 0 radical (unpaired) electrons. The average Bonchev–Trinajstić information content (AvgIpc) is 2.97. The Hall–Kier alpha value is -1.25. The molecule has 0 saturated heterocycles. The Morgan fingerprint density at radius 3 is 2.81 bits per heavy atom. The van der Waals surface area contributed by atoms with Crippen molar-refractivity contribution < 1.29 is 0 Å². The second kappa shape index (κ2) is 5.19. The zero-order valence-corrected chi connectivity index (χ0v) is 13.7. The van der Waals surface area contributed by atoms with Crippen molar-refractivity contribution in [3.63, 3.8) is 0 Å². The van der Waals surface area contributed by atoms with Gasteiger partial charge in [-0.25, -0.2) is 0 Å². The monoisotopic (exact) mass is 359 g/mol. The molecule has 1 heterocycles. The Morgan fingerprint density at radius 2 is 1.95 bits per heavy atom. The highest BCUT2D eigenvalue weighted by Crippen LogP contribution is 2.51. The molecule has 0 fully saturated rings. The predicted molar refractivity (Wildman–Crippen MR) is 91.9 cm³/mol. The van der Waals surface area contributed by atoms with Crippen molar-refractivity contribution in [1.82, 2.24) is 0 Å². The molecule has 0 amide bonds. The Morgan fingerprint density at radius 1 is 1.10 bits per heavy atom. The molecule has 2 aromatic carbocycles. The van der Waals surface area contributed by atoms with E-state index in [9.17, 15) is 0 Å². The van der Waals surface area contributed by atoms with E-state index >= 15 is 0 Å². The van der Waals surface area contributed by atoms with Gasteiger partial charge in [0.1, 0.15) is 0 Å². The zero-order valence-electron chi connectivity index (χ0n) is 11.4. The molecule has 1 nitrogen and oxygen atoms in total. The first-order chi connectivity index (χ1) is 10.2. The number of hydrogen-bond donors (Lipinski definition) is 1. The maximum atomic E-state index is 6.19. The van der Waals surface area contributed by atoms with Crippen LogP contribution in [0, 0.1) is 5.92 Å². The average molecular weight is 361 g/mol. The Labute approximate surface area is 138 Å². The summed E-state index contributed by atoms with van der Waals surface area (Å²) in [7, 11) is 0. The molecule has 2 aromatic rings. The summed E-state index contributed by atoms with van der Waals surface area (Å²) in [5.74, 6) is 1.01. The number of fused-ring (bicyclic) bond motifs is 3. The van der Waals surface area contributed by atoms with Crippen LogP contribution < -0.4 is 5.32 Å². The maximum Gasteiger partial charge on any atom is 0.0565 e. The summed E-state index contributed by atoms with van der Waals surface area (Å²) in [5.41, 5.74) is 3.86. The van der Waals surface area contributed by atoms with Crippen LogP contribution >= 0.6 is 27.5 Å². The van der Waals surface area contributed by atoms with Crippen LogP contribution in [-0.4, -0.2) is 0 Å². The van der Waals surface area contributed by atoms with E-state index in [1.807, 2.05) is 6.07 Å². The first-order valence-electron chi connectivity index (χ1n) is 7.21. The third-order valence-corrected chi connectivity index (χ3v) is 5.52. The fourth-order valence-corrected chi connectivity index (χ4v) is 4.31. The molecule has 0 aromatic heterocycles. The van der Waals surface area contributed by atoms with Gasteiger partial charge < -0.3 is 5.32 Å². The van der Waals surface area contributed by atoms with Crippen LogP contribution in [0.4, 0.5) is 5.69 Å². The highest BCUT2D eigenvalue weighted by atomic mass is 79.9. The molecule has 1 aliphatic heterocycles. The minimum absolute atomic E-state index is 0.328. The lowest BCUT2D eigenvalue weighted by molar-refractivity contribution is 0.424. The SMILES string of the molecule is Clc1ccc2c(c1)[C@@H]1C=CC[C@@H]1[C@@H](c1ccccc1Br)N2. The van der Waals surface area contributed by atoms with Gasteiger partial charge in [0.15, 0.2) is 0 Å². The molecule has 106 valence electrons. The smallest absolute Gasteiger partial charge is 0.0565 e. The quantitative estimate of drug-likeness (QED) is 0.622. The minimum Gasteiger partial charge on any atom is -0.378 e. The predicted octanol–water partition coefficient (Wildman–Crippen LogP) is 5.93. The Balaban J connectivity index is 1.82. The molecule has 2 aliphatic rings. The van der Waals surface area contributed by atoms with E-state index in [1.165, 1.54) is 21.3 Å². The topological polar surface area (TPSA) is 12.0 Å². The minimum atomic E-state index is 0.328. The van der Waals surface area contributed by atoms with E-state index in [2.05, 4.69) is 69.8 Å². The number of hydrogen-bond acceptors (Lipinski definition) is 1. The number of halogens is 2. The van der Waals surface area contributed by atoms with E-state index in [-0.39, 0.29) is 0 Å². The molecule has 4 rings (SSSR count). The normalized spacial score (nSPS) is 26.1. The van der Waals surface area contributed by atoms with E-state index in [4.69, 9.17) is 11.6 Å². The summed E-state index contributed by atoms with van der Waals surface area (Å²) in [6, 6.07) is 15.0. The molecule has 3 atom stereocenters. The number of rotatable bonds is 1. The first kappa shape index (κ1) is 13.4. The van der Waals surface area contributed by atoms with E-state index < -0.39 is 0 Å². The second-order valence-electron chi connectivity index (χ2n) is 5.73. The molecular weight excluding hydrogens is 346 g/mol. The van der Waals surface area contributed by atoms with Gasteiger partial charge in [-0.15, -0.1) is 0 Å². The van der Waals surface area contributed by atoms with Crippen molar-refractivity contribution in [2.45, 2.75) is 18.4 Å². The van der Waals surface area contributed by atoms with Crippen LogP contribution in [0.15, 0.2) is 59.1 Å². The molecule has 0 saturated carbocycles. The Bertz CT molecular complexity index is 725. The summed E-state index contributed by atoms with van der Waals surface area (Å²) >= 11 is 9.89. The van der Waals surface area contributed by atoms with Crippen molar-refractivity contribution in [1.29, 1.82) is 0 Å². The van der Waals surface area contributed by atoms with Crippen LogP contribution in [0.3, 0.4) is 0 Å². The molecule has 1 aliphatic carbocycles. The van der Waals surface area contributed by atoms with Gasteiger partial charge in [-0.3, -0.25) is 0 Å². The van der Waals surface area contributed by atoms with Crippen LogP contribution in [0.25, 0.3) is 0 Å². The number of anilines is 1. The molecule has 0 unspecified atom stereocenters. The van der Waals surface area contributed by atoms with E-state index in [0.717, 1.165) is 11.4 Å². The highest BCUT2D eigenvalue weighted by molar-refractivity contribution is 9.10. The van der Waals surface area contributed by atoms with Crippen LogP contribution in [0.1, 0.15) is 29.5 Å². The molecule has 21 heavy (non-hydrogen) atoms. The van der Waals surface area contributed by atoms with Crippen molar-refractivity contribution >= 4 is 33.2 Å². The van der Waals surface area contributed by atoms with Crippen molar-refractivity contribution in [3.8, 4) is 0 Å². The fourth-order valence-electron chi connectivity index (χ4n) is 3.60. The first-order valence-corrected chi connectivity index (χ1v) is 8.38. The summed E-state index contributed by atoms with van der Waals surface area (Å²) in [5, 5.41) is 4.54. The fraction of sp³-hybridized carbons (Fsp3) is 0.222. The standard InChI is InChI=1S/C18H15BrClN/c19-16-7-2-1-4-14(16)18-13-6-3-5-12(13)15-10-11(20)8-9-17(15)21-18/h1-5,7-10,12-13,18,21H,6H2/t12-,13+,18+/m1/s1. The van der Waals surface area contributed by atoms with Crippen molar-refractivity contribution in [2.24, 2.45) is 5.92 Å². The lowest BCUT2D eigenvalue weighted by Gasteiger charge is -2.38. The molecule has 1 N–H and O–H groups in total. The van der Waals surface area contributed by atoms with Crippen LogP contribution in [-0.2, 0) is 0 Å². The lowest BCUT2D eigenvalue weighted by Crippen LogP contribution is -2.29. The number of nitrogens with one attached hydrogen (secondary N) is 1.